The van der Waals surface area contributed by atoms with Crippen LogP contribution in [0.5, 0.6) is 17.4 Å². The van der Waals surface area contributed by atoms with E-state index in [1.165, 1.54) is 21.3 Å². The van der Waals surface area contributed by atoms with E-state index in [4.69, 9.17) is 25.8 Å². The molecule has 5 rings (SSSR count). The number of hydrogen-bond donors (Lipinski definition) is 0. The van der Waals surface area contributed by atoms with Gasteiger partial charge in [0.25, 0.3) is 0 Å². The Morgan fingerprint density at radius 3 is 2.13 bits per heavy atom. The predicted molar refractivity (Wildman–Crippen MR) is 147 cm³/mol. The standard InChI is InChI=1S/C30H23ClN2O5/c1-36-27-14-19(15-28(37-2)24(27)17-35)33-13-12-21-20(6-5-9-26(21)33)22-7-4-8-23(29(22)31)25-11-10-18(16-34)30(32-25)38-3/h4-17H,1-3H3. The summed E-state index contributed by atoms with van der Waals surface area (Å²) in [5, 5.41) is 1.51. The second-order valence-electron chi connectivity index (χ2n) is 8.39. The van der Waals surface area contributed by atoms with Gasteiger partial charge in [-0.15, -0.1) is 0 Å². The molecular weight excluding hydrogens is 504 g/mol. The minimum Gasteiger partial charge on any atom is -0.496 e. The van der Waals surface area contributed by atoms with Crippen molar-refractivity contribution in [3.8, 4) is 45.5 Å². The van der Waals surface area contributed by atoms with Crippen LogP contribution in [0.15, 0.2) is 72.9 Å². The Labute approximate surface area is 224 Å². The zero-order valence-corrected chi connectivity index (χ0v) is 21.7. The highest BCUT2D eigenvalue weighted by molar-refractivity contribution is 6.36. The third-order valence-electron chi connectivity index (χ3n) is 6.43. The number of benzene rings is 3. The molecule has 0 aliphatic carbocycles. The molecule has 0 unspecified atom stereocenters. The van der Waals surface area contributed by atoms with Crippen LogP contribution >= 0.6 is 11.6 Å². The monoisotopic (exact) mass is 526 g/mol. The van der Waals surface area contributed by atoms with Crippen molar-refractivity contribution in [3.63, 3.8) is 0 Å². The van der Waals surface area contributed by atoms with Crippen molar-refractivity contribution >= 4 is 35.1 Å². The highest BCUT2D eigenvalue weighted by Crippen LogP contribution is 2.40. The van der Waals surface area contributed by atoms with Crippen LogP contribution in [0.4, 0.5) is 0 Å². The highest BCUT2D eigenvalue weighted by Gasteiger charge is 2.18. The molecule has 38 heavy (non-hydrogen) atoms. The SMILES string of the molecule is COc1cc(-n2ccc3c(-c4cccc(-c5ccc(C=O)c(OC)n5)c4Cl)cccc32)cc(OC)c1C=O. The maximum absolute atomic E-state index is 11.6. The summed E-state index contributed by atoms with van der Waals surface area (Å²) in [5.41, 5.74) is 5.51. The van der Waals surface area contributed by atoms with Crippen LogP contribution in [0.2, 0.25) is 5.02 Å². The van der Waals surface area contributed by atoms with E-state index in [0.29, 0.717) is 39.6 Å². The van der Waals surface area contributed by atoms with Crippen molar-refractivity contribution in [1.29, 1.82) is 0 Å². The Balaban J connectivity index is 1.65. The molecule has 0 atom stereocenters. The molecule has 0 fully saturated rings. The zero-order valence-electron chi connectivity index (χ0n) is 20.9. The van der Waals surface area contributed by atoms with Crippen LogP contribution in [-0.2, 0) is 0 Å². The van der Waals surface area contributed by atoms with Crippen molar-refractivity contribution < 1.29 is 23.8 Å². The first-order chi connectivity index (χ1) is 18.5. The van der Waals surface area contributed by atoms with E-state index < -0.39 is 0 Å². The fraction of sp³-hybridized carbons (Fsp3) is 0.100. The van der Waals surface area contributed by atoms with Crippen LogP contribution < -0.4 is 14.2 Å². The number of pyridine rings is 1. The van der Waals surface area contributed by atoms with Gasteiger partial charge in [-0.05, 0) is 29.8 Å². The van der Waals surface area contributed by atoms with Gasteiger partial charge in [0.05, 0.1) is 54.4 Å². The quantitative estimate of drug-likeness (QED) is 0.210. The lowest BCUT2D eigenvalue weighted by Gasteiger charge is -2.14. The Kier molecular flexibility index (Phi) is 6.85. The van der Waals surface area contributed by atoms with Crippen molar-refractivity contribution in [2.45, 2.75) is 0 Å². The number of rotatable bonds is 8. The van der Waals surface area contributed by atoms with Gasteiger partial charge in [0.2, 0.25) is 5.88 Å². The Bertz CT molecular complexity index is 1670. The van der Waals surface area contributed by atoms with E-state index in [9.17, 15) is 9.59 Å². The van der Waals surface area contributed by atoms with Gasteiger partial charge in [-0.1, -0.05) is 41.9 Å². The molecule has 0 bridgehead atoms. The molecule has 0 saturated carbocycles. The van der Waals surface area contributed by atoms with Crippen LogP contribution in [0.1, 0.15) is 20.7 Å². The number of nitrogens with zero attached hydrogens (tertiary/aromatic N) is 2. The number of aromatic nitrogens is 2. The summed E-state index contributed by atoms with van der Waals surface area (Å²) in [6.07, 6.45) is 3.38. The van der Waals surface area contributed by atoms with E-state index in [2.05, 4.69) is 4.98 Å². The molecular formula is C30H23ClN2O5. The molecule has 3 aromatic carbocycles. The lowest BCUT2D eigenvalue weighted by molar-refractivity contribution is 0.111. The summed E-state index contributed by atoms with van der Waals surface area (Å²) in [4.78, 5) is 27.4. The number of ether oxygens (including phenoxy) is 3. The lowest BCUT2D eigenvalue weighted by atomic mass is 9.98. The largest absolute Gasteiger partial charge is 0.496 e. The number of hydrogen-bond acceptors (Lipinski definition) is 6. The minimum absolute atomic E-state index is 0.240. The van der Waals surface area contributed by atoms with E-state index in [0.717, 1.165) is 39.6 Å². The van der Waals surface area contributed by atoms with Gasteiger partial charge in [0.1, 0.15) is 11.5 Å². The van der Waals surface area contributed by atoms with Crippen LogP contribution in [0.3, 0.4) is 0 Å². The second-order valence-corrected chi connectivity index (χ2v) is 8.76. The summed E-state index contributed by atoms with van der Waals surface area (Å²) in [6, 6.07) is 20.8. The number of carbonyl (C=O) groups excluding carboxylic acids is 2. The number of methoxy groups -OCH3 is 3. The molecule has 2 heterocycles. The van der Waals surface area contributed by atoms with Gasteiger partial charge in [-0.2, -0.15) is 0 Å². The second kappa shape index (κ2) is 10.4. The minimum atomic E-state index is 0.240. The van der Waals surface area contributed by atoms with Crippen molar-refractivity contribution in [1.82, 2.24) is 9.55 Å². The van der Waals surface area contributed by atoms with Gasteiger partial charge < -0.3 is 18.8 Å². The molecule has 0 radical (unpaired) electrons. The highest BCUT2D eigenvalue weighted by atomic mass is 35.5. The lowest BCUT2D eigenvalue weighted by Crippen LogP contribution is -2.00. The van der Waals surface area contributed by atoms with Gasteiger partial charge in [-0.3, -0.25) is 9.59 Å². The summed E-state index contributed by atoms with van der Waals surface area (Å²) in [6.45, 7) is 0. The van der Waals surface area contributed by atoms with Crippen molar-refractivity contribution in [2.75, 3.05) is 21.3 Å². The maximum Gasteiger partial charge on any atom is 0.224 e. The van der Waals surface area contributed by atoms with Gasteiger partial charge in [-0.25, -0.2) is 4.98 Å². The summed E-state index contributed by atoms with van der Waals surface area (Å²) >= 11 is 6.96. The van der Waals surface area contributed by atoms with E-state index >= 15 is 0 Å². The molecule has 5 aromatic rings. The number of halogens is 1. The van der Waals surface area contributed by atoms with Crippen molar-refractivity contribution in [2.24, 2.45) is 0 Å². The molecule has 190 valence electrons. The summed E-state index contributed by atoms with van der Waals surface area (Å²) in [5.74, 6) is 1.09. The van der Waals surface area contributed by atoms with E-state index in [-0.39, 0.29) is 5.88 Å². The molecule has 0 aliphatic rings. The van der Waals surface area contributed by atoms with Gasteiger partial charge in [0.15, 0.2) is 12.6 Å². The Morgan fingerprint density at radius 1 is 0.789 bits per heavy atom. The fourth-order valence-electron chi connectivity index (χ4n) is 4.60. The molecule has 0 saturated heterocycles. The number of aldehydes is 2. The number of carbonyl (C=O) groups is 2. The fourth-order valence-corrected chi connectivity index (χ4v) is 4.92. The average molecular weight is 527 g/mol. The Morgan fingerprint density at radius 2 is 1.47 bits per heavy atom. The smallest absolute Gasteiger partial charge is 0.224 e. The van der Waals surface area contributed by atoms with Crippen molar-refractivity contribution in [3.05, 3.63) is 89.1 Å². The van der Waals surface area contributed by atoms with Crippen LogP contribution in [0, 0.1) is 0 Å². The molecule has 7 nitrogen and oxygen atoms in total. The third kappa shape index (κ3) is 4.17. The van der Waals surface area contributed by atoms with Crippen LogP contribution in [0.25, 0.3) is 39.0 Å². The molecule has 0 amide bonds. The summed E-state index contributed by atoms with van der Waals surface area (Å²) < 4.78 is 18.2. The molecule has 0 N–H and O–H groups in total. The topological polar surface area (TPSA) is 79.7 Å². The maximum atomic E-state index is 11.6. The first kappa shape index (κ1) is 25.0. The first-order valence-corrected chi connectivity index (χ1v) is 12.0. The van der Waals surface area contributed by atoms with E-state index in [1.54, 1.807) is 24.3 Å². The molecule has 8 heteroatoms. The van der Waals surface area contributed by atoms with Gasteiger partial charge in [0, 0.05) is 34.8 Å². The predicted octanol–water partition coefficient (Wildman–Crippen LogP) is 6.66. The summed E-state index contributed by atoms with van der Waals surface area (Å²) in [7, 11) is 4.51. The molecule has 0 aliphatic heterocycles. The molecule has 0 spiro atoms. The average Bonchev–Trinajstić information content (AvgIpc) is 3.40. The van der Waals surface area contributed by atoms with Crippen LogP contribution in [-0.4, -0.2) is 43.5 Å². The third-order valence-corrected chi connectivity index (χ3v) is 6.84. The Hall–Kier alpha value is -4.62. The van der Waals surface area contributed by atoms with Gasteiger partial charge >= 0.3 is 0 Å². The first-order valence-electron chi connectivity index (χ1n) is 11.7. The normalized spacial score (nSPS) is 10.8. The zero-order chi connectivity index (χ0) is 26.8. The molecule has 2 aromatic heterocycles. The number of fused-ring (bicyclic) bond motifs is 1. The van der Waals surface area contributed by atoms with E-state index in [1.807, 2.05) is 53.2 Å².